The van der Waals surface area contributed by atoms with Crippen LogP contribution in [-0.4, -0.2) is 13.2 Å². The molecule has 0 fully saturated rings. The molecule has 0 saturated carbocycles. The quantitative estimate of drug-likeness (QED) is 0.129. The van der Waals surface area contributed by atoms with E-state index < -0.39 is 0 Å². The third-order valence-corrected chi connectivity index (χ3v) is 7.81. The Morgan fingerprint density at radius 1 is 0.378 bits per heavy atom. The molecule has 0 aliphatic heterocycles. The second-order valence-electron chi connectivity index (χ2n) is 11.1. The lowest BCUT2D eigenvalue weighted by Gasteiger charge is -2.09. The van der Waals surface area contributed by atoms with Gasteiger partial charge in [0.1, 0.15) is 0 Å². The fourth-order valence-corrected chi connectivity index (χ4v) is 5.38. The van der Waals surface area contributed by atoms with Crippen molar-refractivity contribution in [3.63, 3.8) is 0 Å². The van der Waals surface area contributed by atoms with E-state index in [1.54, 1.807) is 22.3 Å². The Kier molecular flexibility index (Phi) is 19.1. The molecule has 0 saturated heterocycles. The third kappa shape index (κ3) is 15.4. The highest BCUT2D eigenvalue weighted by atomic mass is 16.5. The summed E-state index contributed by atoms with van der Waals surface area (Å²) in [6, 6.07) is 18.2. The van der Waals surface area contributed by atoms with Crippen molar-refractivity contribution in [3.8, 4) is 0 Å². The molecular formula is C36H58O. The molecule has 0 heterocycles. The number of hydrogen-bond acceptors (Lipinski definition) is 1. The van der Waals surface area contributed by atoms with E-state index in [1.165, 1.54) is 128 Å². The van der Waals surface area contributed by atoms with Crippen LogP contribution in [0.2, 0.25) is 0 Å². The first-order valence-corrected chi connectivity index (χ1v) is 16.1. The summed E-state index contributed by atoms with van der Waals surface area (Å²) in [5, 5.41) is 0. The van der Waals surface area contributed by atoms with Crippen LogP contribution in [0.15, 0.2) is 48.5 Å². The largest absolute Gasteiger partial charge is 0.381 e. The Hall–Kier alpha value is -1.60. The highest BCUT2D eigenvalue weighted by molar-refractivity contribution is 5.28. The Bertz CT molecular complexity index is 714. The van der Waals surface area contributed by atoms with E-state index in [1.807, 2.05) is 0 Å². The van der Waals surface area contributed by atoms with E-state index in [4.69, 9.17) is 4.74 Å². The van der Waals surface area contributed by atoms with Gasteiger partial charge in [-0.25, -0.2) is 0 Å². The minimum Gasteiger partial charge on any atom is -0.381 e. The fraction of sp³-hybridized carbons (Fsp3) is 0.667. The molecule has 0 aliphatic carbocycles. The Labute approximate surface area is 230 Å². The first kappa shape index (κ1) is 31.6. The van der Waals surface area contributed by atoms with E-state index in [2.05, 4.69) is 62.4 Å². The van der Waals surface area contributed by atoms with E-state index in [0.29, 0.717) is 0 Å². The van der Waals surface area contributed by atoms with Crippen LogP contribution in [0.4, 0.5) is 0 Å². The molecule has 2 rings (SSSR count). The van der Waals surface area contributed by atoms with Crippen molar-refractivity contribution in [1.29, 1.82) is 0 Å². The first-order chi connectivity index (χ1) is 18.3. The summed E-state index contributed by atoms with van der Waals surface area (Å²) in [6.07, 6.45) is 26.2. The predicted molar refractivity (Wildman–Crippen MR) is 164 cm³/mol. The van der Waals surface area contributed by atoms with Crippen LogP contribution in [0.3, 0.4) is 0 Å². The SMILES string of the molecule is CCCCc1ccccc1CCCCCCCCOCCCCCCCCc1ccccc1CCCC. The Morgan fingerprint density at radius 2 is 0.676 bits per heavy atom. The molecule has 0 aromatic heterocycles. The summed E-state index contributed by atoms with van der Waals surface area (Å²) in [6.45, 7) is 6.49. The standard InChI is InChI=1S/C36H58O/c1-3-5-23-33-27-17-19-29-35(33)25-15-11-7-9-13-21-31-37-32-22-14-10-8-12-16-26-36-30-20-18-28-34(36)24-6-4-2/h17-20,27-30H,3-16,21-26,31-32H2,1-2H3. The Balaban J connectivity index is 1.33. The second-order valence-corrected chi connectivity index (χ2v) is 11.1. The normalized spacial score (nSPS) is 11.3. The lowest BCUT2D eigenvalue weighted by Crippen LogP contribution is -1.97. The minimum atomic E-state index is 0.961. The number of rotatable bonds is 24. The molecule has 0 spiro atoms. The maximum atomic E-state index is 5.90. The van der Waals surface area contributed by atoms with Crippen molar-refractivity contribution in [2.75, 3.05) is 13.2 Å². The highest BCUT2D eigenvalue weighted by Gasteiger charge is 2.03. The second kappa shape index (κ2) is 22.4. The van der Waals surface area contributed by atoms with Crippen LogP contribution in [0.5, 0.6) is 0 Å². The molecule has 0 bridgehead atoms. The maximum absolute atomic E-state index is 5.90. The fourth-order valence-electron chi connectivity index (χ4n) is 5.38. The molecule has 0 atom stereocenters. The van der Waals surface area contributed by atoms with E-state index >= 15 is 0 Å². The molecule has 1 heteroatoms. The molecule has 2 aromatic carbocycles. The highest BCUT2D eigenvalue weighted by Crippen LogP contribution is 2.18. The zero-order chi connectivity index (χ0) is 26.2. The van der Waals surface area contributed by atoms with Crippen LogP contribution in [0.1, 0.15) is 139 Å². The molecule has 0 unspecified atom stereocenters. The average Bonchev–Trinajstić information content (AvgIpc) is 2.93. The van der Waals surface area contributed by atoms with Crippen LogP contribution < -0.4 is 0 Å². The molecular weight excluding hydrogens is 448 g/mol. The number of benzene rings is 2. The average molecular weight is 507 g/mol. The first-order valence-electron chi connectivity index (χ1n) is 16.1. The van der Waals surface area contributed by atoms with Crippen molar-refractivity contribution in [2.45, 2.75) is 142 Å². The lowest BCUT2D eigenvalue weighted by molar-refractivity contribution is 0.125. The molecule has 208 valence electrons. The van der Waals surface area contributed by atoms with E-state index in [0.717, 1.165) is 13.2 Å². The number of hydrogen-bond donors (Lipinski definition) is 0. The summed E-state index contributed by atoms with van der Waals surface area (Å²) < 4.78 is 5.90. The molecule has 0 aliphatic rings. The van der Waals surface area contributed by atoms with Gasteiger partial charge >= 0.3 is 0 Å². The van der Waals surface area contributed by atoms with Crippen molar-refractivity contribution >= 4 is 0 Å². The molecule has 0 radical (unpaired) electrons. The maximum Gasteiger partial charge on any atom is 0.0466 e. The van der Waals surface area contributed by atoms with Crippen LogP contribution in [-0.2, 0) is 30.4 Å². The van der Waals surface area contributed by atoms with Gasteiger partial charge in [-0.2, -0.15) is 0 Å². The summed E-state index contributed by atoms with van der Waals surface area (Å²) in [4.78, 5) is 0. The summed E-state index contributed by atoms with van der Waals surface area (Å²) in [5.41, 5.74) is 6.35. The Morgan fingerprint density at radius 3 is 1.03 bits per heavy atom. The molecule has 2 aromatic rings. The predicted octanol–water partition coefficient (Wildman–Crippen LogP) is 10.9. The summed E-state index contributed by atoms with van der Waals surface area (Å²) in [5.74, 6) is 0. The van der Waals surface area contributed by atoms with Gasteiger partial charge < -0.3 is 4.74 Å². The van der Waals surface area contributed by atoms with Gasteiger partial charge in [0.05, 0.1) is 0 Å². The zero-order valence-electron chi connectivity index (χ0n) is 24.6. The topological polar surface area (TPSA) is 9.23 Å². The molecule has 0 amide bonds. The van der Waals surface area contributed by atoms with Crippen LogP contribution in [0.25, 0.3) is 0 Å². The van der Waals surface area contributed by atoms with Gasteiger partial charge in [0.15, 0.2) is 0 Å². The van der Waals surface area contributed by atoms with Crippen molar-refractivity contribution in [1.82, 2.24) is 0 Å². The van der Waals surface area contributed by atoms with Gasteiger partial charge in [-0.05, 0) is 86.5 Å². The number of aryl methyl sites for hydroxylation is 4. The van der Waals surface area contributed by atoms with Crippen LogP contribution >= 0.6 is 0 Å². The summed E-state index contributed by atoms with van der Waals surface area (Å²) in [7, 11) is 0. The van der Waals surface area contributed by atoms with Crippen molar-refractivity contribution in [2.24, 2.45) is 0 Å². The molecule has 0 N–H and O–H groups in total. The van der Waals surface area contributed by atoms with Gasteiger partial charge in [0.25, 0.3) is 0 Å². The van der Waals surface area contributed by atoms with E-state index in [-0.39, 0.29) is 0 Å². The molecule has 37 heavy (non-hydrogen) atoms. The molecule has 1 nitrogen and oxygen atoms in total. The zero-order valence-corrected chi connectivity index (χ0v) is 24.6. The summed E-state index contributed by atoms with van der Waals surface area (Å²) >= 11 is 0. The third-order valence-electron chi connectivity index (χ3n) is 7.81. The monoisotopic (exact) mass is 506 g/mol. The van der Waals surface area contributed by atoms with Gasteiger partial charge in [0.2, 0.25) is 0 Å². The minimum absolute atomic E-state index is 0.961. The lowest BCUT2D eigenvalue weighted by atomic mass is 9.97. The van der Waals surface area contributed by atoms with Gasteiger partial charge in [-0.15, -0.1) is 0 Å². The van der Waals surface area contributed by atoms with Gasteiger partial charge in [-0.1, -0.05) is 127 Å². The smallest absolute Gasteiger partial charge is 0.0466 e. The van der Waals surface area contributed by atoms with Crippen molar-refractivity contribution < 1.29 is 4.74 Å². The number of unbranched alkanes of at least 4 members (excludes halogenated alkanes) is 12. The van der Waals surface area contributed by atoms with Crippen LogP contribution in [0, 0.1) is 0 Å². The van der Waals surface area contributed by atoms with E-state index in [9.17, 15) is 0 Å². The van der Waals surface area contributed by atoms with Crippen molar-refractivity contribution in [3.05, 3.63) is 70.8 Å². The van der Waals surface area contributed by atoms with Gasteiger partial charge in [-0.3, -0.25) is 0 Å². The van der Waals surface area contributed by atoms with Gasteiger partial charge in [0, 0.05) is 13.2 Å². The number of ether oxygens (including phenoxy) is 1.